The smallest absolute Gasteiger partial charge is 0.358 e. The lowest BCUT2D eigenvalue weighted by Crippen LogP contribution is -2.56. The van der Waals surface area contributed by atoms with Gasteiger partial charge in [0, 0.05) is 36.1 Å². The number of likely N-dealkylation sites (tertiary alicyclic amines) is 1. The van der Waals surface area contributed by atoms with Gasteiger partial charge in [0.1, 0.15) is 18.2 Å². The molecule has 1 aliphatic heterocycles. The van der Waals surface area contributed by atoms with Crippen molar-refractivity contribution in [1.29, 1.82) is 0 Å². The molecule has 12 heteroatoms. The third-order valence-corrected chi connectivity index (χ3v) is 7.14. The number of carbonyl (C=O) groups excluding carboxylic acids is 1. The third kappa shape index (κ3) is 6.10. The van der Waals surface area contributed by atoms with Crippen molar-refractivity contribution in [3.8, 4) is 0 Å². The molecular weight excluding hydrogens is 504 g/mol. The molecule has 1 aromatic carbocycles. The van der Waals surface area contributed by atoms with Crippen LogP contribution in [0.4, 0.5) is 19.0 Å². The van der Waals surface area contributed by atoms with Crippen molar-refractivity contribution >= 4 is 47.4 Å². The number of nitrogens with two attached hydrogens (primary N) is 1. The van der Waals surface area contributed by atoms with Gasteiger partial charge in [0.15, 0.2) is 0 Å². The van der Waals surface area contributed by atoms with Gasteiger partial charge in [0.2, 0.25) is 5.91 Å². The molecule has 196 valence electrons. The third-order valence-electron chi connectivity index (χ3n) is 7.14. The van der Waals surface area contributed by atoms with Crippen LogP contribution in [0.1, 0.15) is 45.1 Å². The normalized spacial score (nSPS) is 25.1. The molecule has 0 radical (unpaired) electrons. The van der Waals surface area contributed by atoms with Gasteiger partial charge in [-0.15, -0.1) is 24.8 Å². The zero-order valence-electron chi connectivity index (χ0n) is 20.0. The summed E-state index contributed by atoms with van der Waals surface area (Å²) in [6.07, 6.45) is 0.00961. The number of rotatable bonds is 5. The van der Waals surface area contributed by atoms with E-state index in [1.807, 2.05) is 4.90 Å². The number of alkyl halides is 3. The lowest BCUT2D eigenvalue weighted by molar-refractivity contribution is -0.137. The van der Waals surface area contributed by atoms with Gasteiger partial charge in [-0.2, -0.15) is 13.2 Å². The number of nitrogens with zero attached hydrogens (tertiary/aromatic N) is 4. The van der Waals surface area contributed by atoms with Gasteiger partial charge in [0.25, 0.3) is 0 Å². The van der Waals surface area contributed by atoms with E-state index in [1.54, 1.807) is 0 Å². The Bertz CT molecular complexity index is 1020. The molecule has 4 atom stereocenters. The molecule has 2 heterocycles. The molecule has 2 aliphatic rings. The fourth-order valence-corrected chi connectivity index (χ4v) is 5.02. The van der Waals surface area contributed by atoms with E-state index in [4.69, 9.17) is 5.73 Å². The molecule has 1 saturated carbocycles. The van der Waals surface area contributed by atoms with Crippen molar-refractivity contribution in [3.63, 3.8) is 0 Å². The first-order valence-corrected chi connectivity index (χ1v) is 11.4. The molecule has 7 nitrogen and oxygen atoms in total. The predicted octanol–water partition coefficient (Wildman–Crippen LogP) is 4.09. The molecule has 2 aromatic rings. The van der Waals surface area contributed by atoms with Crippen LogP contribution in [0.5, 0.6) is 0 Å². The average molecular weight is 537 g/mol. The van der Waals surface area contributed by atoms with Crippen LogP contribution in [-0.4, -0.2) is 69.5 Å². The van der Waals surface area contributed by atoms with Gasteiger partial charge in [0.05, 0.1) is 11.1 Å². The number of halogens is 5. The van der Waals surface area contributed by atoms with E-state index in [-0.39, 0.29) is 54.0 Å². The fraction of sp³-hybridized carbons (Fsp3) is 0.609. The summed E-state index contributed by atoms with van der Waals surface area (Å²) < 4.78 is 39.6. The van der Waals surface area contributed by atoms with E-state index >= 15 is 0 Å². The number of nitrogens with one attached hydrogen (secondary N) is 1. The molecule has 1 aliphatic carbocycles. The topological polar surface area (TPSA) is 87.4 Å². The Kier molecular flexibility index (Phi) is 9.60. The fourth-order valence-electron chi connectivity index (χ4n) is 5.02. The summed E-state index contributed by atoms with van der Waals surface area (Å²) in [4.78, 5) is 25.6. The summed E-state index contributed by atoms with van der Waals surface area (Å²) >= 11 is 0. The summed E-state index contributed by atoms with van der Waals surface area (Å²) in [6, 6.07) is 3.48. The standard InChI is InChI=1S/C23H31F3N6O.2ClH/c1-13(2)31(3)15-5-7-20(17(27)11-15)32-9-8-19(22(32)33)30-21-16-10-14(23(24,25)26)4-6-18(16)28-12-29-21;;/h4,6,10,12-13,15,17,19-20H,5,7-9,11,27H2,1-3H3,(H,28,29,30);2*1H/t15-,17-,19+,20+;;/m1../s1. The van der Waals surface area contributed by atoms with Crippen molar-refractivity contribution in [2.75, 3.05) is 18.9 Å². The quantitative estimate of drug-likeness (QED) is 0.598. The largest absolute Gasteiger partial charge is 0.416 e. The van der Waals surface area contributed by atoms with E-state index in [1.165, 1.54) is 12.4 Å². The monoisotopic (exact) mass is 536 g/mol. The van der Waals surface area contributed by atoms with Crippen LogP contribution in [0.2, 0.25) is 0 Å². The van der Waals surface area contributed by atoms with Crippen LogP contribution in [0.15, 0.2) is 24.5 Å². The van der Waals surface area contributed by atoms with Gasteiger partial charge in [-0.3, -0.25) is 4.79 Å². The first-order chi connectivity index (χ1) is 15.6. The summed E-state index contributed by atoms with van der Waals surface area (Å²) in [7, 11) is 2.11. The minimum absolute atomic E-state index is 0. The summed E-state index contributed by atoms with van der Waals surface area (Å²) in [6.45, 7) is 4.88. The minimum Gasteiger partial charge on any atom is -0.358 e. The zero-order chi connectivity index (χ0) is 23.9. The van der Waals surface area contributed by atoms with Gasteiger partial charge >= 0.3 is 6.18 Å². The van der Waals surface area contributed by atoms with E-state index in [2.05, 4.69) is 41.1 Å². The highest BCUT2D eigenvalue weighted by Crippen LogP contribution is 2.34. The van der Waals surface area contributed by atoms with Crippen LogP contribution < -0.4 is 11.1 Å². The second-order valence-electron chi connectivity index (χ2n) is 9.43. The number of hydrogen-bond donors (Lipinski definition) is 2. The molecule has 2 fully saturated rings. The number of amides is 1. The Balaban J connectivity index is 0.00000216. The molecule has 1 saturated heterocycles. The second kappa shape index (κ2) is 11.5. The predicted molar refractivity (Wildman–Crippen MR) is 135 cm³/mol. The van der Waals surface area contributed by atoms with Gasteiger partial charge in [-0.05, 0) is 64.8 Å². The molecule has 0 unspecified atom stereocenters. The summed E-state index contributed by atoms with van der Waals surface area (Å²) in [5.74, 6) is 0.155. The Labute approximate surface area is 215 Å². The Morgan fingerprint density at radius 3 is 2.51 bits per heavy atom. The molecular formula is C23H33Cl2F3N6O. The number of aromatic nitrogens is 2. The summed E-state index contributed by atoms with van der Waals surface area (Å²) in [5, 5.41) is 3.32. The van der Waals surface area contributed by atoms with Crippen molar-refractivity contribution in [2.45, 2.75) is 75.9 Å². The van der Waals surface area contributed by atoms with Crippen molar-refractivity contribution in [2.24, 2.45) is 5.73 Å². The second-order valence-corrected chi connectivity index (χ2v) is 9.43. The first-order valence-electron chi connectivity index (χ1n) is 11.4. The number of anilines is 1. The van der Waals surface area contributed by atoms with Crippen molar-refractivity contribution in [1.82, 2.24) is 19.8 Å². The molecule has 0 spiro atoms. The highest BCUT2D eigenvalue weighted by molar-refractivity contribution is 5.93. The Morgan fingerprint density at radius 1 is 1.17 bits per heavy atom. The van der Waals surface area contributed by atoms with Gasteiger partial charge in [-0.25, -0.2) is 9.97 Å². The Morgan fingerprint density at radius 2 is 1.89 bits per heavy atom. The molecule has 1 aromatic heterocycles. The molecule has 0 bridgehead atoms. The Hall–Kier alpha value is -1.88. The number of fused-ring (bicyclic) bond motifs is 1. The minimum atomic E-state index is -4.47. The maximum Gasteiger partial charge on any atom is 0.416 e. The number of hydrogen-bond acceptors (Lipinski definition) is 6. The number of carbonyl (C=O) groups is 1. The highest BCUT2D eigenvalue weighted by atomic mass is 35.5. The maximum absolute atomic E-state index is 13.2. The SMILES string of the molecule is CC(C)N(C)[C@@H]1CC[C@H](N2CC[C@H](Nc3ncnc4ccc(C(F)(F)F)cc34)C2=O)[C@H](N)C1.Cl.Cl. The van der Waals surface area contributed by atoms with E-state index in [0.717, 1.165) is 31.4 Å². The van der Waals surface area contributed by atoms with Crippen LogP contribution >= 0.6 is 24.8 Å². The first kappa shape index (κ1) is 29.4. The number of benzene rings is 1. The van der Waals surface area contributed by atoms with Crippen molar-refractivity contribution < 1.29 is 18.0 Å². The zero-order valence-corrected chi connectivity index (χ0v) is 21.6. The van der Waals surface area contributed by atoms with Crippen molar-refractivity contribution in [3.05, 3.63) is 30.1 Å². The van der Waals surface area contributed by atoms with E-state index in [0.29, 0.717) is 30.6 Å². The molecule has 4 rings (SSSR count). The molecule has 35 heavy (non-hydrogen) atoms. The molecule has 1 amide bonds. The summed E-state index contributed by atoms with van der Waals surface area (Å²) in [5.41, 5.74) is 6.12. The van der Waals surface area contributed by atoms with Gasteiger partial charge < -0.3 is 20.9 Å². The van der Waals surface area contributed by atoms with Crippen LogP contribution in [0.3, 0.4) is 0 Å². The molecule has 3 N–H and O–H groups in total. The van der Waals surface area contributed by atoms with Crippen LogP contribution in [-0.2, 0) is 11.0 Å². The van der Waals surface area contributed by atoms with Crippen LogP contribution in [0, 0.1) is 0 Å². The van der Waals surface area contributed by atoms with E-state index < -0.39 is 17.8 Å². The average Bonchev–Trinajstić information content (AvgIpc) is 3.12. The highest BCUT2D eigenvalue weighted by Gasteiger charge is 2.41. The maximum atomic E-state index is 13.2. The van der Waals surface area contributed by atoms with E-state index in [9.17, 15) is 18.0 Å². The lowest BCUT2D eigenvalue weighted by atomic mass is 9.85. The van der Waals surface area contributed by atoms with Crippen LogP contribution in [0.25, 0.3) is 10.9 Å². The van der Waals surface area contributed by atoms with Gasteiger partial charge in [-0.1, -0.05) is 0 Å². The lowest BCUT2D eigenvalue weighted by Gasteiger charge is -2.43.